The molecule has 0 saturated carbocycles. The molecule has 1 unspecified atom stereocenters. The van der Waals surface area contributed by atoms with E-state index in [0.29, 0.717) is 5.69 Å². The molecule has 25 heavy (non-hydrogen) atoms. The second-order valence-corrected chi connectivity index (χ2v) is 7.59. The topological polar surface area (TPSA) is 67.6 Å². The van der Waals surface area contributed by atoms with Gasteiger partial charge in [0.15, 0.2) is 11.5 Å². The molecule has 0 aromatic carbocycles. The van der Waals surface area contributed by atoms with Crippen LogP contribution in [-0.4, -0.2) is 54.9 Å². The van der Waals surface area contributed by atoms with E-state index in [4.69, 9.17) is 9.26 Å². The van der Waals surface area contributed by atoms with Crippen molar-refractivity contribution < 1.29 is 14.1 Å². The van der Waals surface area contributed by atoms with E-state index < -0.39 is 0 Å². The van der Waals surface area contributed by atoms with Gasteiger partial charge in [-0.25, -0.2) is 0 Å². The molecule has 1 atom stereocenters. The van der Waals surface area contributed by atoms with Crippen molar-refractivity contribution in [3.05, 3.63) is 27.6 Å². The third-order valence-corrected chi connectivity index (χ3v) is 5.99. The molecule has 1 aliphatic carbocycles. The minimum atomic E-state index is -0.121. The summed E-state index contributed by atoms with van der Waals surface area (Å²) in [4.78, 5) is 16.4. The van der Waals surface area contributed by atoms with E-state index >= 15 is 0 Å². The second kappa shape index (κ2) is 7.27. The van der Waals surface area contributed by atoms with Crippen molar-refractivity contribution in [3.63, 3.8) is 0 Å². The Morgan fingerprint density at radius 1 is 1.40 bits per heavy atom. The molecule has 2 aromatic heterocycles. The van der Waals surface area contributed by atoms with Gasteiger partial charge >= 0.3 is 0 Å². The van der Waals surface area contributed by atoms with Gasteiger partial charge in [0.1, 0.15) is 0 Å². The van der Waals surface area contributed by atoms with Gasteiger partial charge in [-0.15, -0.1) is 11.3 Å². The SMILES string of the molecule is CCC(CN1CCOCC1)NC(=O)c1noc2c1CCc1sccc1-2. The van der Waals surface area contributed by atoms with E-state index in [-0.39, 0.29) is 11.9 Å². The van der Waals surface area contributed by atoms with Gasteiger partial charge in [0.25, 0.3) is 5.91 Å². The van der Waals surface area contributed by atoms with Crippen molar-refractivity contribution in [1.82, 2.24) is 15.4 Å². The fraction of sp³-hybridized carbons (Fsp3) is 0.556. The molecule has 1 fully saturated rings. The van der Waals surface area contributed by atoms with Crippen molar-refractivity contribution in [1.29, 1.82) is 0 Å². The van der Waals surface area contributed by atoms with E-state index in [9.17, 15) is 4.79 Å². The Hall–Kier alpha value is -1.70. The van der Waals surface area contributed by atoms with Gasteiger partial charge in [-0.05, 0) is 30.7 Å². The summed E-state index contributed by atoms with van der Waals surface area (Å²) in [5.41, 5.74) is 2.50. The summed E-state index contributed by atoms with van der Waals surface area (Å²) < 4.78 is 10.9. The fourth-order valence-electron chi connectivity index (χ4n) is 3.53. The number of rotatable bonds is 5. The number of ether oxygens (including phenoxy) is 1. The number of nitrogens with zero attached hydrogens (tertiary/aromatic N) is 2. The summed E-state index contributed by atoms with van der Waals surface area (Å²) >= 11 is 1.74. The third-order valence-electron chi connectivity index (χ3n) is 5.01. The fourth-order valence-corrected chi connectivity index (χ4v) is 4.41. The normalized spacial score (nSPS) is 18.4. The Morgan fingerprint density at radius 2 is 2.24 bits per heavy atom. The summed E-state index contributed by atoms with van der Waals surface area (Å²) in [7, 11) is 0. The van der Waals surface area contributed by atoms with E-state index in [1.165, 1.54) is 4.88 Å². The lowest BCUT2D eigenvalue weighted by atomic mass is 9.95. The molecule has 1 aliphatic heterocycles. The molecule has 0 spiro atoms. The maximum atomic E-state index is 12.8. The van der Waals surface area contributed by atoms with Crippen LogP contribution in [0.2, 0.25) is 0 Å². The van der Waals surface area contributed by atoms with Gasteiger partial charge in [-0.1, -0.05) is 12.1 Å². The predicted octanol–water partition coefficient (Wildman–Crippen LogP) is 2.34. The Labute approximate surface area is 151 Å². The Balaban J connectivity index is 1.46. The minimum Gasteiger partial charge on any atom is -0.379 e. The van der Waals surface area contributed by atoms with Gasteiger partial charge in [0, 0.05) is 41.7 Å². The van der Waals surface area contributed by atoms with Crippen LogP contribution >= 0.6 is 11.3 Å². The highest BCUT2D eigenvalue weighted by Crippen LogP contribution is 2.38. The first-order valence-corrected chi connectivity index (χ1v) is 9.80. The molecule has 7 heteroatoms. The maximum Gasteiger partial charge on any atom is 0.274 e. The standard InChI is InChI=1S/C18H23N3O3S/c1-2-12(11-21-6-8-23-9-7-21)19-18(22)16-14-3-4-15-13(5-10-25-15)17(14)24-20-16/h5,10,12H,2-4,6-9,11H2,1H3,(H,19,22). The Morgan fingerprint density at radius 3 is 3.04 bits per heavy atom. The molecule has 1 saturated heterocycles. The Bertz CT molecular complexity index is 749. The van der Waals surface area contributed by atoms with Gasteiger partial charge in [0.2, 0.25) is 0 Å². The molecular formula is C18H23N3O3S. The summed E-state index contributed by atoms with van der Waals surface area (Å²) in [6, 6.07) is 2.16. The molecular weight excluding hydrogens is 338 g/mol. The minimum absolute atomic E-state index is 0.109. The smallest absolute Gasteiger partial charge is 0.274 e. The number of morpholine rings is 1. The van der Waals surface area contributed by atoms with Gasteiger partial charge in [-0.2, -0.15) is 0 Å². The van der Waals surface area contributed by atoms with Crippen molar-refractivity contribution in [2.75, 3.05) is 32.8 Å². The van der Waals surface area contributed by atoms with Crippen LogP contribution in [0.3, 0.4) is 0 Å². The number of amides is 1. The number of aryl methyl sites for hydroxylation is 1. The van der Waals surface area contributed by atoms with E-state index in [0.717, 1.165) is 69.0 Å². The van der Waals surface area contributed by atoms with Gasteiger partial charge in [0.05, 0.1) is 13.2 Å². The zero-order chi connectivity index (χ0) is 17.2. The highest BCUT2D eigenvalue weighted by atomic mass is 32.1. The average Bonchev–Trinajstić information content (AvgIpc) is 3.27. The molecule has 2 aromatic rings. The maximum absolute atomic E-state index is 12.8. The summed E-state index contributed by atoms with van der Waals surface area (Å²) in [6.07, 6.45) is 2.65. The molecule has 6 nitrogen and oxygen atoms in total. The first-order chi connectivity index (χ1) is 12.3. The molecule has 0 radical (unpaired) electrons. The van der Waals surface area contributed by atoms with Crippen LogP contribution in [0.5, 0.6) is 0 Å². The van der Waals surface area contributed by atoms with Crippen LogP contribution in [0.15, 0.2) is 16.0 Å². The number of carbonyl (C=O) groups excluding carboxylic acids is 1. The highest BCUT2D eigenvalue weighted by molar-refractivity contribution is 7.10. The number of hydrogen-bond acceptors (Lipinski definition) is 6. The van der Waals surface area contributed by atoms with Crippen molar-refractivity contribution >= 4 is 17.2 Å². The lowest BCUT2D eigenvalue weighted by Crippen LogP contribution is -2.47. The summed E-state index contributed by atoms with van der Waals surface area (Å²) in [5.74, 6) is 0.651. The predicted molar refractivity (Wildman–Crippen MR) is 96.0 cm³/mol. The zero-order valence-electron chi connectivity index (χ0n) is 14.4. The molecule has 0 bridgehead atoms. The lowest BCUT2D eigenvalue weighted by molar-refractivity contribution is 0.0331. The third kappa shape index (κ3) is 3.36. The molecule has 1 N–H and O–H groups in total. The van der Waals surface area contributed by atoms with Crippen molar-refractivity contribution in [2.45, 2.75) is 32.2 Å². The van der Waals surface area contributed by atoms with Crippen LogP contribution in [0, 0.1) is 0 Å². The molecule has 134 valence electrons. The van der Waals surface area contributed by atoms with Gasteiger partial charge < -0.3 is 14.6 Å². The number of thiophene rings is 1. The lowest BCUT2D eigenvalue weighted by Gasteiger charge is -2.30. The molecule has 2 aliphatic rings. The van der Waals surface area contributed by atoms with Crippen molar-refractivity contribution in [3.8, 4) is 11.3 Å². The van der Waals surface area contributed by atoms with E-state index in [1.54, 1.807) is 11.3 Å². The van der Waals surface area contributed by atoms with Crippen LogP contribution in [0.4, 0.5) is 0 Å². The number of fused-ring (bicyclic) bond motifs is 3. The van der Waals surface area contributed by atoms with Gasteiger partial charge in [-0.3, -0.25) is 9.69 Å². The van der Waals surface area contributed by atoms with Crippen molar-refractivity contribution in [2.24, 2.45) is 0 Å². The number of nitrogens with one attached hydrogen (secondary N) is 1. The number of carbonyl (C=O) groups is 1. The molecule has 3 heterocycles. The zero-order valence-corrected chi connectivity index (χ0v) is 15.2. The highest BCUT2D eigenvalue weighted by Gasteiger charge is 2.29. The van der Waals surface area contributed by atoms with Crippen LogP contribution in [0.25, 0.3) is 11.3 Å². The summed E-state index contributed by atoms with van der Waals surface area (Å²) in [5, 5.41) is 9.30. The molecule has 1 amide bonds. The van der Waals surface area contributed by atoms with Crippen LogP contribution in [-0.2, 0) is 17.6 Å². The van der Waals surface area contributed by atoms with Crippen LogP contribution in [0.1, 0.15) is 34.3 Å². The van der Waals surface area contributed by atoms with E-state index in [2.05, 4.69) is 33.7 Å². The quantitative estimate of drug-likeness (QED) is 0.885. The first-order valence-electron chi connectivity index (χ1n) is 8.92. The number of hydrogen-bond donors (Lipinski definition) is 1. The second-order valence-electron chi connectivity index (χ2n) is 6.59. The monoisotopic (exact) mass is 361 g/mol. The summed E-state index contributed by atoms with van der Waals surface area (Å²) in [6.45, 7) is 6.33. The first kappa shape index (κ1) is 16.8. The Kier molecular flexibility index (Phi) is 4.87. The van der Waals surface area contributed by atoms with E-state index in [1.807, 2.05) is 0 Å². The number of aromatic nitrogens is 1. The van der Waals surface area contributed by atoms with Crippen LogP contribution < -0.4 is 5.32 Å². The molecule has 4 rings (SSSR count). The largest absolute Gasteiger partial charge is 0.379 e. The average molecular weight is 361 g/mol.